The summed E-state index contributed by atoms with van der Waals surface area (Å²) < 4.78 is 0. The Labute approximate surface area is 118 Å². The van der Waals surface area contributed by atoms with E-state index in [2.05, 4.69) is 37.4 Å². The Morgan fingerprint density at radius 3 is 2.75 bits per heavy atom. The Morgan fingerprint density at radius 2 is 1.85 bits per heavy atom. The average molecular weight is 267 g/mol. The number of hydrazine groups is 1. The second-order valence-electron chi connectivity index (χ2n) is 5.23. The monoisotopic (exact) mass is 267 g/mol. The van der Waals surface area contributed by atoms with Crippen LogP contribution in [0.25, 0.3) is 0 Å². The van der Waals surface area contributed by atoms with Gasteiger partial charge < -0.3 is 5.32 Å². The molecule has 1 N–H and O–H groups in total. The maximum atomic E-state index is 4.48. The van der Waals surface area contributed by atoms with Crippen molar-refractivity contribution in [2.45, 2.75) is 19.4 Å². The zero-order valence-electron chi connectivity index (χ0n) is 11.3. The van der Waals surface area contributed by atoms with Crippen LogP contribution in [0, 0.1) is 0 Å². The highest BCUT2D eigenvalue weighted by atomic mass is 15.7. The first-order valence-corrected chi connectivity index (χ1v) is 7.10. The summed E-state index contributed by atoms with van der Waals surface area (Å²) in [5.41, 5.74) is 2.27. The molecule has 102 valence electrons. The molecule has 0 amide bonds. The summed E-state index contributed by atoms with van der Waals surface area (Å²) in [6, 6.07) is 10.2. The lowest BCUT2D eigenvalue weighted by Gasteiger charge is -2.33. The fourth-order valence-electron chi connectivity index (χ4n) is 2.94. The van der Waals surface area contributed by atoms with E-state index in [1.54, 1.807) is 6.33 Å². The third-order valence-corrected chi connectivity index (χ3v) is 3.92. The first-order chi connectivity index (χ1) is 9.92. The van der Waals surface area contributed by atoms with Gasteiger partial charge in [0.1, 0.15) is 12.1 Å². The first kappa shape index (κ1) is 11.7. The minimum Gasteiger partial charge on any atom is -0.340 e. The van der Waals surface area contributed by atoms with Crippen molar-refractivity contribution in [1.82, 2.24) is 15.0 Å². The Hall–Kier alpha value is -2.14. The molecule has 1 aromatic carbocycles. The molecule has 2 aromatic rings. The molecule has 3 heterocycles. The fourth-order valence-corrected chi connectivity index (χ4v) is 2.94. The first-order valence-electron chi connectivity index (χ1n) is 7.10. The van der Waals surface area contributed by atoms with Crippen LogP contribution in [0.3, 0.4) is 0 Å². The lowest BCUT2D eigenvalue weighted by molar-refractivity contribution is 0.224. The molecule has 2 aliphatic rings. The minimum absolute atomic E-state index is 0.908. The second-order valence-corrected chi connectivity index (χ2v) is 5.23. The van der Waals surface area contributed by atoms with E-state index < -0.39 is 0 Å². The molecule has 5 nitrogen and oxygen atoms in total. The van der Waals surface area contributed by atoms with E-state index in [-0.39, 0.29) is 0 Å². The molecule has 0 bridgehead atoms. The van der Waals surface area contributed by atoms with Crippen LogP contribution in [0.15, 0.2) is 36.7 Å². The van der Waals surface area contributed by atoms with Gasteiger partial charge in [-0.15, -0.1) is 0 Å². The Kier molecular flexibility index (Phi) is 2.77. The van der Waals surface area contributed by atoms with Crippen LogP contribution in [0.4, 0.5) is 17.3 Å². The highest BCUT2D eigenvalue weighted by Gasteiger charge is 2.32. The van der Waals surface area contributed by atoms with Gasteiger partial charge in [0.05, 0.1) is 12.1 Å². The summed E-state index contributed by atoms with van der Waals surface area (Å²) in [5, 5.41) is 8.09. The van der Waals surface area contributed by atoms with Crippen molar-refractivity contribution < 1.29 is 0 Å². The number of hydrogen-bond donors (Lipinski definition) is 1. The van der Waals surface area contributed by atoms with Crippen LogP contribution >= 0.6 is 0 Å². The summed E-state index contributed by atoms with van der Waals surface area (Å²) in [5.74, 6) is 1.99. The molecule has 2 aliphatic heterocycles. The molecule has 0 atom stereocenters. The van der Waals surface area contributed by atoms with Crippen molar-refractivity contribution >= 4 is 17.3 Å². The number of rotatable bonds is 2. The molecule has 0 unspecified atom stereocenters. The van der Waals surface area contributed by atoms with Gasteiger partial charge in [-0.05, 0) is 25.0 Å². The van der Waals surface area contributed by atoms with E-state index in [0.717, 1.165) is 37.0 Å². The lowest BCUT2D eigenvalue weighted by atomic mass is 10.2. The van der Waals surface area contributed by atoms with E-state index in [9.17, 15) is 0 Å². The molecule has 1 aromatic heterocycles. The van der Waals surface area contributed by atoms with Crippen molar-refractivity contribution in [3.8, 4) is 0 Å². The van der Waals surface area contributed by atoms with Crippen molar-refractivity contribution in [2.24, 2.45) is 0 Å². The van der Waals surface area contributed by atoms with Crippen LogP contribution in [0.2, 0.25) is 0 Å². The van der Waals surface area contributed by atoms with Crippen molar-refractivity contribution in [2.75, 3.05) is 23.4 Å². The van der Waals surface area contributed by atoms with Gasteiger partial charge in [0.15, 0.2) is 5.82 Å². The Bertz CT molecular complexity index is 613. The number of anilines is 3. The second kappa shape index (κ2) is 4.76. The van der Waals surface area contributed by atoms with Gasteiger partial charge in [-0.25, -0.2) is 15.0 Å². The van der Waals surface area contributed by atoms with Gasteiger partial charge in [0.25, 0.3) is 0 Å². The Balaban J connectivity index is 1.68. The molecule has 0 radical (unpaired) electrons. The quantitative estimate of drug-likeness (QED) is 0.906. The third kappa shape index (κ3) is 1.91. The molecule has 5 heteroatoms. The zero-order valence-corrected chi connectivity index (χ0v) is 11.3. The number of nitrogens with one attached hydrogen (secondary N) is 1. The van der Waals surface area contributed by atoms with Gasteiger partial charge in [-0.2, -0.15) is 0 Å². The van der Waals surface area contributed by atoms with E-state index in [0.29, 0.717) is 0 Å². The van der Waals surface area contributed by atoms with Crippen molar-refractivity contribution in [3.05, 3.63) is 42.2 Å². The largest absolute Gasteiger partial charge is 0.340 e. The van der Waals surface area contributed by atoms with E-state index in [1.807, 2.05) is 18.2 Å². The van der Waals surface area contributed by atoms with Crippen LogP contribution in [-0.2, 0) is 6.54 Å². The average Bonchev–Trinajstić information content (AvgIpc) is 2.88. The van der Waals surface area contributed by atoms with Gasteiger partial charge in [0, 0.05) is 18.8 Å². The molecule has 1 fully saturated rings. The van der Waals surface area contributed by atoms with Crippen molar-refractivity contribution in [1.29, 1.82) is 0 Å². The van der Waals surface area contributed by atoms with Gasteiger partial charge in [0.2, 0.25) is 0 Å². The maximum absolute atomic E-state index is 4.48. The summed E-state index contributed by atoms with van der Waals surface area (Å²) in [6.07, 6.45) is 4.16. The molecule has 0 spiro atoms. The smallest absolute Gasteiger partial charge is 0.153 e. The number of nitrogens with zero attached hydrogens (tertiary/aromatic N) is 4. The van der Waals surface area contributed by atoms with Gasteiger partial charge in [-0.3, -0.25) is 5.01 Å². The van der Waals surface area contributed by atoms with Gasteiger partial charge >= 0.3 is 0 Å². The molecule has 1 saturated heterocycles. The van der Waals surface area contributed by atoms with E-state index in [4.69, 9.17) is 0 Å². The SMILES string of the molecule is c1ccc(Nc2ncnc3c2CN2CCCCN32)cc1. The number of fused-ring (bicyclic) bond motifs is 3. The predicted octanol–water partition coefficient (Wildman–Crippen LogP) is 2.55. The topological polar surface area (TPSA) is 44.3 Å². The van der Waals surface area contributed by atoms with Crippen molar-refractivity contribution in [3.63, 3.8) is 0 Å². The number of hydrogen-bond acceptors (Lipinski definition) is 5. The minimum atomic E-state index is 0.908. The third-order valence-electron chi connectivity index (χ3n) is 3.92. The van der Waals surface area contributed by atoms with Gasteiger partial charge in [-0.1, -0.05) is 18.2 Å². The standard InChI is InChI=1S/C15H17N5/c1-2-6-12(7-3-1)18-14-13-10-19-8-4-5-9-20(19)15(13)17-11-16-14/h1-3,6-7,11H,4-5,8-10H2,(H,16,17,18). The van der Waals surface area contributed by atoms with Crippen LogP contribution in [0.1, 0.15) is 18.4 Å². The zero-order chi connectivity index (χ0) is 13.4. The van der Waals surface area contributed by atoms with E-state index >= 15 is 0 Å². The predicted molar refractivity (Wildman–Crippen MR) is 78.7 cm³/mol. The highest BCUT2D eigenvalue weighted by Crippen LogP contribution is 2.35. The van der Waals surface area contributed by atoms with Crippen LogP contribution < -0.4 is 10.3 Å². The van der Waals surface area contributed by atoms with Crippen LogP contribution in [-0.4, -0.2) is 28.1 Å². The lowest BCUT2D eigenvalue weighted by Crippen LogP contribution is -2.42. The van der Waals surface area contributed by atoms with Crippen LogP contribution in [0.5, 0.6) is 0 Å². The number of para-hydroxylation sites is 1. The molecular formula is C15H17N5. The molecule has 0 saturated carbocycles. The molecule has 4 rings (SSSR count). The fraction of sp³-hybridized carbons (Fsp3) is 0.333. The Morgan fingerprint density at radius 1 is 1.00 bits per heavy atom. The molecule has 0 aliphatic carbocycles. The number of benzene rings is 1. The summed E-state index contributed by atoms with van der Waals surface area (Å²) >= 11 is 0. The summed E-state index contributed by atoms with van der Waals surface area (Å²) in [6.45, 7) is 3.08. The summed E-state index contributed by atoms with van der Waals surface area (Å²) in [4.78, 5) is 8.91. The molecular weight excluding hydrogens is 250 g/mol. The van der Waals surface area contributed by atoms with E-state index in [1.165, 1.54) is 18.4 Å². The number of aromatic nitrogens is 2. The highest BCUT2D eigenvalue weighted by molar-refractivity contribution is 5.66. The normalized spacial score (nSPS) is 17.7. The summed E-state index contributed by atoms with van der Waals surface area (Å²) in [7, 11) is 0. The maximum Gasteiger partial charge on any atom is 0.153 e. The molecule has 20 heavy (non-hydrogen) atoms.